The minimum atomic E-state index is -0.648. The molecule has 0 aliphatic carbocycles. The Morgan fingerprint density at radius 1 is 1.32 bits per heavy atom. The van der Waals surface area contributed by atoms with Crippen LogP contribution in [-0.4, -0.2) is 21.9 Å². The number of nitro groups is 1. The van der Waals surface area contributed by atoms with E-state index in [1.165, 1.54) is 29.2 Å². The number of nitrogens with two attached hydrogens (primary N) is 1. The first-order chi connectivity index (χ1) is 9.00. The van der Waals surface area contributed by atoms with E-state index in [0.29, 0.717) is 5.69 Å². The van der Waals surface area contributed by atoms with Gasteiger partial charge in [-0.2, -0.15) is 0 Å². The zero-order chi connectivity index (χ0) is 14.0. The van der Waals surface area contributed by atoms with Gasteiger partial charge in [-0.05, 0) is 24.3 Å². The molecule has 0 amide bonds. The second-order valence-corrected chi connectivity index (χ2v) is 3.72. The maximum absolute atomic E-state index is 12.9. The fraction of sp³-hybridized carbons (Fsp3) is 0.0909. The highest BCUT2D eigenvalue weighted by atomic mass is 19.1. The third-order valence-electron chi connectivity index (χ3n) is 2.55. The highest BCUT2D eigenvalue weighted by Gasteiger charge is 2.24. The molecular weight excluding hydrogens is 253 g/mol. The lowest BCUT2D eigenvalue weighted by Crippen LogP contribution is -2.15. The first-order valence-corrected chi connectivity index (χ1v) is 5.25. The van der Waals surface area contributed by atoms with E-state index in [4.69, 9.17) is 5.73 Å². The van der Waals surface area contributed by atoms with Gasteiger partial charge in [0, 0.05) is 12.7 Å². The lowest BCUT2D eigenvalue weighted by molar-refractivity contribution is -0.383. The first-order valence-electron chi connectivity index (χ1n) is 5.25. The fourth-order valence-corrected chi connectivity index (χ4v) is 1.59. The van der Waals surface area contributed by atoms with Crippen molar-refractivity contribution in [1.29, 1.82) is 0 Å². The highest BCUT2D eigenvalue weighted by Crippen LogP contribution is 2.33. The van der Waals surface area contributed by atoms with Crippen LogP contribution in [0.1, 0.15) is 0 Å². The summed E-state index contributed by atoms with van der Waals surface area (Å²) in [5.41, 5.74) is 5.65. The molecule has 0 unspecified atom stereocenters. The zero-order valence-corrected chi connectivity index (χ0v) is 9.95. The van der Waals surface area contributed by atoms with Crippen LogP contribution in [0.2, 0.25) is 0 Å². The SMILES string of the molecule is CN(c1ccc(F)cc1)c1ncnc(N)c1[N+](=O)[O-]. The molecule has 7 nitrogen and oxygen atoms in total. The molecule has 8 heteroatoms. The summed E-state index contributed by atoms with van der Waals surface area (Å²) >= 11 is 0. The average Bonchev–Trinajstić information content (AvgIpc) is 2.38. The molecule has 1 heterocycles. The van der Waals surface area contributed by atoms with Gasteiger partial charge >= 0.3 is 5.69 Å². The van der Waals surface area contributed by atoms with Gasteiger partial charge in [0.25, 0.3) is 0 Å². The summed E-state index contributed by atoms with van der Waals surface area (Å²) in [6.45, 7) is 0. The van der Waals surface area contributed by atoms with Crippen molar-refractivity contribution in [3.63, 3.8) is 0 Å². The van der Waals surface area contributed by atoms with Gasteiger partial charge in [-0.25, -0.2) is 14.4 Å². The number of hydrogen-bond donors (Lipinski definition) is 1. The van der Waals surface area contributed by atoms with E-state index in [1.54, 1.807) is 7.05 Å². The van der Waals surface area contributed by atoms with E-state index in [-0.39, 0.29) is 17.3 Å². The number of halogens is 1. The molecule has 0 bridgehead atoms. The Labute approximate surface area is 107 Å². The van der Waals surface area contributed by atoms with Crippen molar-refractivity contribution in [2.75, 3.05) is 17.7 Å². The summed E-state index contributed by atoms with van der Waals surface area (Å²) in [5, 5.41) is 11.0. The van der Waals surface area contributed by atoms with Crippen LogP contribution in [0.5, 0.6) is 0 Å². The molecule has 0 spiro atoms. The molecule has 2 rings (SSSR count). The normalized spacial score (nSPS) is 10.2. The van der Waals surface area contributed by atoms with Crippen molar-refractivity contribution in [3.8, 4) is 0 Å². The Morgan fingerprint density at radius 3 is 2.53 bits per heavy atom. The fourth-order valence-electron chi connectivity index (χ4n) is 1.59. The maximum atomic E-state index is 12.9. The molecule has 2 N–H and O–H groups in total. The third-order valence-corrected chi connectivity index (χ3v) is 2.55. The van der Waals surface area contributed by atoms with Crippen LogP contribution < -0.4 is 10.6 Å². The van der Waals surface area contributed by atoms with E-state index in [1.807, 2.05) is 0 Å². The Kier molecular flexibility index (Phi) is 3.23. The quantitative estimate of drug-likeness (QED) is 0.670. The molecule has 0 saturated heterocycles. The second-order valence-electron chi connectivity index (χ2n) is 3.72. The van der Waals surface area contributed by atoms with Gasteiger partial charge in [0.1, 0.15) is 12.1 Å². The van der Waals surface area contributed by atoms with Gasteiger partial charge in [0.15, 0.2) is 0 Å². The second kappa shape index (κ2) is 4.84. The average molecular weight is 263 g/mol. The Bertz CT molecular complexity index is 617. The van der Waals surface area contributed by atoms with Crippen molar-refractivity contribution in [2.45, 2.75) is 0 Å². The monoisotopic (exact) mass is 263 g/mol. The molecule has 19 heavy (non-hydrogen) atoms. The van der Waals surface area contributed by atoms with Crippen molar-refractivity contribution in [1.82, 2.24) is 9.97 Å². The van der Waals surface area contributed by atoms with Gasteiger partial charge < -0.3 is 10.6 Å². The summed E-state index contributed by atoms with van der Waals surface area (Å²) < 4.78 is 12.9. The van der Waals surface area contributed by atoms with Gasteiger partial charge in [-0.1, -0.05) is 0 Å². The predicted octanol–water partition coefficient (Wildman–Crippen LogP) is 1.87. The minimum absolute atomic E-state index is 0.0455. The lowest BCUT2D eigenvalue weighted by Gasteiger charge is -2.18. The van der Waals surface area contributed by atoms with Crippen LogP contribution in [0, 0.1) is 15.9 Å². The third kappa shape index (κ3) is 2.41. The largest absolute Gasteiger partial charge is 0.378 e. The molecule has 0 atom stereocenters. The predicted molar refractivity (Wildman–Crippen MR) is 67.6 cm³/mol. The Morgan fingerprint density at radius 2 is 1.95 bits per heavy atom. The van der Waals surface area contributed by atoms with E-state index < -0.39 is 10.7 Å². The van der Waals surface area contributed by atoms with Crippen LogP contribution >= 0.6 is 0 Å². The molecule has 0 fully saturated rings. The molecule has 0 aliphatic heterocycles. The molecule has 0 saturated carbocycles. The Balaban J connectivity index is 2.49. The molecule has 0 aliphatic rings. The van der Waals surface area contributed by atoms with Gasteiger partial charge in [-0.15, -0.1) is 0 Å². The van der Waals surface area contributed by atoms with Crippen molar-refractivity contribution >= 4 is 23.0 Å². The van der Waals surface area contributed by atoms with Crippen LogP contribution in [-0.2, 0) is 0 Å². The molecule has 1 aromatic carbocycles. The van der Waals surface area contributed by atoms with Gasteiger partial charge in [0.2, 0.25) is 11.6 Å². The molecule has 1 aromatic heterocycles. The maximum Gasteiger partial charge on any atom is 0.353 e. The van der Waals surface area contributed by atoms with E-state index in [9.17, 15) is 14.5 Å². The number of benzene rings is 1. The van der Waals surface area contributed by atoms with Crippen molar-refractivity contribution in [3.05, 3.63) is 46.5 Å². The van der Waals surface area contributed by atoms with Crippen LogP contribution in [0.15, 0.2) is 30.6 Å². The Hall–Kier alpha value is -2.77. The van der Waals surface area contributed by atoms with E-state index >= 15 is 0 Å². The van der Waals surface area contributed by atoms with Gasteiger partial charge in [-0.3, -0.25) is 10.1 Å². The smallest absolute Gasteiger partial charge is 0.353 e. The highest BCUT2D eigenvalue weighted by molar-refractivity contribution is 5.73. The summed E-state index contributed by atoms with van der Waals surface area (Å²) in [4.78, 5) is 19.2. The molecule has 2 aromatic rings. The summed E-state index contributed by atoms with van der Waals surface area (Å²) in [6, 6.07) is 5.47. The molecular formula is C11H10FN5O2. The number of anilines is 3. The van der Waals surface area contributed by atoms with Crippen LogP contribution in [0.25, 0.3) is 0 Å². The number of aromatic nitrogens is 2. The van der Waals surface area contributed by atoms with E-state index in [2.05, 4.69) is 9.97 Å². The number of nitrogen functional groups attached to an aromatic ring is 1. The van der Waals surface area contributed by atoms with Gasteiger partial charge in [0.05, 0.1) is 4.92 Å². The summed E-state index contributed by atoms with van der Waals surface area (Å²) in [6.07, 6.45) is 1.14. The van der Waals surface area contributed by atoms with Crippen molar-refractivity contribution in [2.24, 2.45) is 0 Å². The number of rotatable bonds is 3. The summed E-state index contributed by atoms with van der Waals surface area (Å²) in [5.74, 6) is -0.568. The standard InChI is InChI=1S/C11H10FN5O2/c1-16(8-4-2-7(12)3-5-8)11-9(17(18)19)10(13)14-6-15-11/h2-6H,1H3,(H2,13,14,15). The number of hydrogen-bond acceptors (Lipinski definition) is 6. The lowest BCUT2D eigenvalue weighted by atomic mass is 10.3. The number of nitrogens with zero attached hydrogens (tertiary/aromatic N) is 4. The van der Waals surface area contributed by atoms with Crippen LogP contribution in [0.4, 0.5) is 27.4 Å². The van der Waals surface area contributed by atoms with Crippen LogP contribution in [0.3, 0.4) is 0 Å². The topological polar surface area (TPSA) is 98.2 Å². The molecule has 0 radical (unpaired) electrons. The van der Waals surface area contributed by atoms with Crippen molar-refractivity contribution < 1.29 is 9.31 Å². The first kappa shape index (κ1) is 12.7. The minimum Gasteiger partial charge on any atom is -0.378 e. The zero-order valence-electron chi connectivity index (χ0n) is 9.95. The summed E-state index contributed by atoms with van der Waals surface area (Å²) in [7, 11) is 1.57. The van der Waals surface area contributed by atoms with E-state index in [0.717, 1.165) is 6.33 Å². The molecule has 98 valence electrons.